The van der Waals surface area contributed by atoms with Crippen molar-refractivity contribution < 1.29 is 0 Å². The van der Waals surface area contributed by atoms with E-state index in [-0.39, 0.29) is 0 Å². The lowest BCUT2D eigenvalue weighted by Gasteiger charge is -2.17. The van der Waals surface area contributed by atoms with E-state index in [1.165, 1.54) is 37.9 Å². The summed E-state index contributed by atoms with van der Waals surface area (Å²) >= 11 is 0. The van der Waals surface area contributed by atoms with Crippen molar-refractivity contribution in [3.63, 3.8) is 0 Å². The third-order valence-corrected chi connectivity index (χ3v) is 3.64. The van der Waals surface area contributed by atoms with Gasteiger partial charge in [-0.2, -0.15) is 0 Å². The highest BCUT2D eigenvalue weighted by Crippen LogP contribution is 2.22. The first kappa shape index (κ1) is 12.5. The Morgan fingerprint density at radius 3 is 3.18 bits per heavy atom. The van der Waals surface area contributed by atoms with E-state index in [0.29, 0.717) is 6.54 Å². The zero-order valence-corrected chi connectivity index (χ0v) is 10.7. The van der Waals surface area contributed by atoms with Gasteiger partial charge in [0.1, 0.15) is 0 Å². The highest BCUT2D eigenvalue weighted by Gasteiger charge is 2.22. The Balaban J connectivity index is 1.93. The molecule has 2 N–H and O–H groups in total. The van der Waals surface area contributed by atoms with E-state index in [1.807, 2.05) is 12.3 Å². The summed E-state index contributed by atoms with van der Waals surface area (Å²) in [6.45, 7) is 6.27. The Kier molecular flexibility index (Phi) is 4.51. The zero-order chi connectivity index (χ0) is 12.1. The molecule has 0 spiro atoms. The minimum Gasteiger partial charge on any atom is -0.326 e. The molecule has 3 nitrogen and oxygen atoms in total. The summed E-state index contributed by atoms with van der Waals surface area (Å²) in [7, 11) is 0. The molecule has 1 fully saturated rings. The Morgan fingerprint density at radius 1 is 1.53 bits per heavy atom. The Labute approximate surface area is 104 Å². The molecule has 0 aliphatic carbocycles. The zero-order valence-electron chi connectivity index (χ0n) is 10.7. The molecule has 17 heavy (non-hydrogen) atoms. The van der Waals surface area contributed by atoms with Crippen LogP contribution < -0.4 is 5.73 Å². The summed E-state index contributed by atoms with van der Waals surface area (Å²) in [5, 5.41) is 0. The lowest BCUT2D eigenvalue weighted by Crippen LogP contribution is -2.22. The topological polar surface area (TPSA) is 42.2 Å². The average Bonchev–Trinajstić information content (AvgIpc) is 2.78. The molecule has 1 unspecified atom stereocenters. The normalized spacial score (nSPS) is 20.9. The van der Waals surface area contributed by atoms with Crippen LogP contribution >= 0.6 is 0 Å². The van der Waals surface area contributed by atoms with Gasteiger partial charge in [0, 0.05) is 25.8 Å². The van der Waals surface area contributed by atoms with Gasteiger partial charge in [0.05, 0.1) is 5.69 Å². The molecule has 1 aromatic heterocycles. The molecule has 0 radical (unpaired) electrons. The molecule has 2 heterocycles. The summed E-state index contributed by atoms with van der Waals surface area (Å²) in [6.07, 6.45) is 5.88. The Bertz CT molecular complexity index is 351. The third kappa shape index (κ3) is 3.27. The molecule has 1 aromatic rings. The quantitative estimate of drug-likeness (QED) is 0.847. The van der Waals surface area contributed by atoms with Gasteiger partial charge in [-0.05, 0) is 36.9 Å². The van der Waals surface area contributed by atoms with Gasteiger partial charge in [-0.25, -0.2) is 0 Å². The number of hydrogen-bond donors (Lipinski definition) is 1. The second-order valence-corrected chi connectivity index (χ2v) is 4.99. The van der Waals surface area contributed by atoms with Crippen LogP contribution in [0.15, 0.2) is 18.3 Å². The summed E-state index contributed by atoms with van der Waals surface area (Å²) in [5.41, 5.74) is 8.09. The highest BCUT2D eigenvalue weighted by atomic mass is 15.1. The number of likely N-dealkylation sites (tertiary alicyclic amines) is 1. The number of nitrogens with two attached hydrogens (primary N) is 1. The fourth-order valence-corrected chi connectivity index (χ4v) is 2.71. The molecular weight excluding hydrogens is 210 g/mol. The molecule has 1 saturated heterocycles. The number of hydrogen-bond acceptors (Lipinski definition) is 3. The van der Waals surface area contributed by atoms with Crippen LogP contribution in [0.4, 0.5) is 0 Å². The first-order chi connectivity index (χ1) is 8.33. The second-order valence-electron chi connectivity index (χ2n) is 4.99. The standard InChI is InChI=1S/C14H23N3/c1-2-4-12-6-8-17(10-12)11-14-13(9-15)5-3-7-16-14/h3,5,7,12H,2,4,6,8-11,15H2,1H3. The Hall–Kier alpha value is -0.930. The maximum absolute atomic E-state index is 5.74. The SMILES string of the molecule is CCCC1CCN(Cc2ncccc2CN)C1. The maximum atomic E-state index is 5.74. The van der Waals surface area contributed by atoms with Crippen LogP contribution in [0.2, 0.25) is 0 Å². The van der Waals surface area contributed by atoms with Crippen molar-refractivity contribution in [3.8, 4) is 0 Å². The van der Waals surface area contributed by atoms with Crippen molar-refractivity contribution in [2.45, 2.75) is 39.3 Å². The number of aromatic nitrogens is 1. The van der Waals surface area contributed by atoms with Gasteiger partial charge in [-0.3, -0.25) is 9.88 Å². The first-order valence-electron chi connectivity index (χ1n) is 6.68. The van der Waals surface area contributed by atoms with E-state index >= 15 is 0 Å². The lowest BCUT2D eigenvalue weighted by atomic mass is 10.0. The van der Waals surface area contributed by atoms with E-state index in [1.54, 1.807) is 0 Å². The molecule has 1 atom stereocenters. The van der Waals surface area contributed by atoms with Gasteiger partial charge in [0.2, 0.25) is 0 Å². The van der Waals surface area contributed by atoms with Crippen molar-refractivity contribution >= 4 is 0 Å². The van der Waals surface area contributed by atoms with Gasteiger partial charge >= 0.3 is 0 Å². The van der Waals surface area contributed by atoms with E-state index < -0.39 is 0 Å². The molecule has 0 aromatic carbocycles. The Morgan fingerprint density at radius 2 is 2.41 bits per heavy atom. The molecule has 2 rings (SSSR count). The molecule has 94 valence electrons. The van der Waals surface area contributed by atoms with E-state index in [9.17, 15) is 0 Å². The smallest absolute Gasteiger partial charge is 0.0588 e. The van der Waals surface area contributed by atoms with Crippen LogP contribution in [0.5, 0.6) is 0 Å². The maximum Gasteiger partial charge on any atom is 0.0588 e. The summed E-state index contributed by atoms with van der Waals surface area (Å²) in [6, 6.07) is 4.05. The molecular formula is C14H23N3. The van der Waals surface area contributed by atoms with Crippen molar-refractivity contribution in [1.29, 1.82) is 0 Å². The van der Waals surface area contributed by atoms with Crippen LogP contribution in [0.25, 0.3) is 0 Å². The van der Waals surface area contributed by atoms with Crippen LogP contribution in [-0.4, -0.2) is 23.0 Å². The molecule has 1 aliphatic rings. The molecule has 1 aliphatic heterocycles. The van der Waals surface area contributed by atoms with Gasteiger partial charge < -0.3 is 5.73 Å². The van der Waals surface area contributed by atoms with E-state index in [4.69, 9.17) is 5.73 Å². The van der Waals surface area contributed by atoms with Crippen molar-refractivity contribution in [2.75, 3.05) is 13.1 Å². The predicted molar refractivity (Wildman–Crippen MR) is 70.4 cm³/mol. The third-order valence-electron chi connectivity index (χ3n) is 3.64. The largest absolute Gasteiger partial charge is 0.326 e. The fraction of sp³-hybridized carbons (Fsp3) is 0.643. The van der Waals surface area contributed by atoms with Crippen LogP contribution in [0, 0.1) is 5.92 Å². The van der Waals surface area contributed by atoms with Gasteiger partial charge in [-0.15, -0.1) is 0 Å². The summed E-state index contributed by atoms with van der Waals surface area (Å²) < 4.78 is 0. The molecule has 0 bridgehead atoms. The van der Waals surface area contributed by atoms with E-state index in [0.717, 1.165) is 18.2 Å². The molecule has 0 amide bonds. The van der Waals surface area contributed by atoms with Crippen LogP contribution in [-0.2, 0) is 13.1 Å². The predicted octanol–water partition coefficient (Wildman–Crippen LogP) is 2.16. The fourth-order valence-electron chi connectivity index (χ4n) is 2.71. The van der Waals surface area contributed by atoms with Crippen molar-refractivity contribution in [1.82, 2.24) is 9.88 Å². The monoisotopic (exact) mass is 233 g/mol. The first-order valence-corrected chi connectivity index (χ1v) is 6.68. The average molecular weight is 233 g/mol. The minimum absolute atomic E-state index is 0.593. The molecule has 3 heteroatoms. The van der Waals surface area contributed by atoms with Gasteiger partial charge in [-0.1, -0.05) is 19.4 Å². The summed E-state index contributed by atoms with van der Waals surface area (Å²) in [4.78, 5) is 6.98. The van der Waals surface area contributed by atoms with Crippen LogP contribution in [0.3, 0.4) is 0 Å². The van der Waals surface area contributed by atoms with Crippen molar-refractivity contribution in [3.05, 3.63) is 29.6 Å². The van der Waals surface area contributed by atoms with Crippen molar-refractivity contribution in [2.24, 2.45) is 11.7 Å². The minimum atomic E-state index is 0.593. The summed E-state index contributed by atoms with van der Waals surface area (Å²) in [5.74, 6) is 0.894. The van der Waals surface area contributed by atoms with E-state index in [2.05, 4.69) is 22.9 Å². The number of nitrogens with zero attached hydrogens (tertiary/aromatic N) is 2. The second kappa shape index (κ2) is 6.12. The van der Waals surface area contributed by atoms with Gasteiger partial charge in [0.15, 0.2) is 0 Å². The van der Waals surface area contributed by atoms with Crippen LogP contribution in [0.1, 0.15) is 37.4 Å². The molecule has 0 saturated carbocycles. The highest BCUT2D eigenvalue weighted by molar-refractivity contribution is 5.19. The van der Waals surface area contributed by atoms with Gasteiger partial charge in [0.25, 0.3) is 0 Å². The lowest BCUT2D eigenvalue weighted by molar-refractivity contribution is 0.308. The number of pyridine rings is 1. The number of rotatable bonds is 5.